The quantitative estimate of drug-likeness (QED) is 0.466. The Morgan fingerprint density at radius 2 is 1.65 bits per heavy atom. The first-order valence-corrected chi connectivity index (χ1v) is 9.49. The smallest absolute Gasteiger partial charge is 0.406 e. The molecule has 0 unspecified atom stereocenters. The number of nitrogens with zero attached hydrogens (tertiary/aromatic N) is 2. The van der Waals surface area contributed by atoms with Crippen LogP contribution in [0.4, 0.5) is 29.3 Å². The van der Waals surface area contributed by atoms with Crippen LogP contribution in [-0.4, -0.2) is 21.9 Å². The van der Waals surface area contributed by atoms with Gasteiger partial charge in [0.05, 0.1) is 5.69 Å². The minimum absolute atomic E-state index is 0.314. The Hall–Kier alpha value is -3.36. The summed E-state index contributed by atoms with van der Waals surface area (Å²) in [5, 5.41) is 6.31. The second-order valence-electron chi connectivity index (χ2n) is 7.89. The lowest BCUT2D eigenvalue weighted by atomic mass is 10.1. The van der Waals surface area contributed by atoms with Crippen molar-refractivity contribution >= 4 is 11.8 Å². The van der Waals surface area contributed by atoms with Crippen molar-refractivity contribution in [1.82, 2.24) is 9.97 Å². The lowest BCUT2D eigenvalue weighted by Gasteiger charge is -2.21. The van der Waals surface area contributed by atoms with Crippen LogP contribution in [0, 0.1) is 5.82 Å². The Kier molecular flexibility index (Phi) is 6.33. The van der Waals surface area contributed by atoms with Crippen LogP contribution < -0.4 is 15.4 Å². The average molecular weight is 434 g/mol. The molecule has 1 heterocycles. The summed E-state index contributed by atoms with van der Waals surface area (Å²) in [6.07, 6.45) is -4.79. The first-order valence-electron chi connectivity index (χ1n) is 9.49. The Bertz CT molecular complexity index is 1030. The lowest BCUT2D eigenvalue weighted by Crippen LogP contribution is -2.27. The number of halogens is 4. The highest BCUT2D eigenvalue weighted by molar-refractivity contribution is 5.66. The summed E-state index contributed by atoms with van der Waals surface area (Å²) >= 11 is 0. The van der Waals surface area contributed by atoms with Crippen LogP contribution in [0.2, 0.25) is 0 Å². The van der Waals surface area contributed by atoms with Gasteiger partial charge in [0.15, 0.2) is 0 Å². The minimum Gasteiger partial charge on any atom is -0.406 e. The maximum atomic E-state index is 13.1. The van der Waals surface area contributed by atoms with Gasteiger partial charge in [-0.3, -0.25) is 0 Å². The number of alkyl halides is 3. The molecule has 0 bridgehead atoms. The van der Waals surface area contributed by atoms with Gasteiger partial charge in [0, 0.05) is 23.7 Å². The minimum atomic E-state index is -4.79. The molecule has 31 heavy (non-hydrogen) atoms. The Morgan fingerprint density at radius 1 is 0.935 bits per heavy atom. The number of benzene rings is 2. The highest BCUT2D eigenvalue weighted by Crippen LogP contribution is 2.29. The van der Waals surface area contributed by atoms with E-state index in [0.29, 0.717) is 29.6 Å². The fraction of sp³-hybridized carbons (Fsp3) is 0.273. The van der Waals surface area contributed by atoms with Gasteiger partial charge in [-0.2, -0.15) is 4.98 Å². The van der Waals surface area contributed by atoms with Gasteiger partial charge in [-0.05, 0) is 50.6 Å². The summed E-state index contributed by atoms with van der Waals surface area (Å²) in [5.41, 5.74) is 1.35. The summed E-state index contributed by atoms with van der Waals surface area (Å²) in [6.45, 7) is 6.19. The predicted octanol–water partition coefficient (Wildman–Crippen LogP) is 6.00. The van der Waals surface area contributed by atoms with Crippen LogP contribution >= 0.6 is 0 Å². The topological polar surface area (TPSA) is 59.1 Å². The number of rotatable bonds is 6. The van der Waals surface area contributed by atoms with Crippen molar-refractivity contribution in [1.29, 1.82) is 0 Å². The number of nitrogens with one attached hydrogen (secondary N) is 2. The van der Waals surface area contributed by atoms with Crippen molar-refractivity contribution in [2.75, 3.05) is 10.6 Å². The number of aromatic nitrogens is 2. The third-order valence-electron chi connectivity index (χ3n) is 3.96. The Morgan fingerprint density at radius 3 is 2.29 bits per heavy atom. The summed E-state index contributed by atoms with van der Waals surface area (Å²) in [6, 6.07) is 13.2. The third kappa shape index (κ3) is 7.13. The lowest BCUT2D eigenvalue weighted by molar-refractivity contribution is -0.274. The monoisotopic (exact) mass is 434 g/mol. The van der Waals surface area contributed by atoms with Crippen LogP contribution in [0.5, 0.6) is 5.75 Å². The third-order valence-corrected chi connectivity index (χ3v) is 3.96. The molecule has 0 atom stereocenters. The van der Waals surface area contributed by atoms with E-state index in [1.807, 2.05) is 20.8 Å². The molecule has 0 saturated heterocycles. The molecule has 1 aromatic heterocycles. The van der Waals surface area contributed by atoms with E-state index >= 15 is 0 Å². The first kappa shape index (κ1) is 22.3. The van der Waals surface area contributed by atoms with Gasteiger partial charge in [0.1, 0.15) is 17.4 Å². The molecule has 0 aliphatic carbocycles. The van der Waals surface area contributed by atoms with Crippen LogP contribution in [0.1, 0.15) is 26.3 Å². The molecular formula is C22H22F4N4O. The SMILES string of the molecule is CC(C)(C)Nc1nc(NCc2ccc(F)cc2)cc(-c2cccc(OC(F)(F)F)c2)n1. The van der Waals surface area contributed by atoms with Gasteiger partial charge in [-0.1, -0.05) is 24.3 Å². The molecule has 0 amide bonds. The number of ether oxygens (including phenoxy) is 1. The predicted molar refractivity (Wildman–Crippen MR) is 111 cm³/mol. The van der Waals surface area contributed by atoms with Crippen LogP contribution in [0.3, 0.4) is 0 Å². The van der Waals surface area contributed by atoms with Crippen molar-refractivity contribution in [3.8, 4) is 17.0 Å². The summed E-state index contributed by atoms with van der Waals surface area (Å²) in [4.78, 5) is 8.88. The van der Waals surface area contributed by atoms with E-state index in [9.17, 15) is 17.6 Å². The van der Waals surface area contributed by atoms with Crippen molar-refractivity contribution in [2.45, 2.75) is 39.2 Å². The molecule has 3 aromatic rings. The van der Waals surface area contributed by atoms with Crippen LogP contribution in [-0.2, 0) is 6.54 Å². The summed E-state index contributed by atoms with van der Waals surface area (Å²) < 4.78 is 54.9. The normalized spacial score (nSPS) is 11.8. The molecular weight excluding hydrogens is 412 g/mol. The summed E-state index contributed by atoms with van der Waals surface area (Å²) in [7, 11) is 0. The van der Waals surface area contributed by atoms with Crippen molar-refractivity contribution < 1.29 is 22.3 Å². The highest BCUT2D eigenvalue weighted by atomic mass is 19.4. The molecule has 0 radical (unpaired) electrons. The molecule has 0 fully saturated rings. The molecule has 0 aliphatic heterocycles. The van der Waals surface area contributed by atoms with E-state index in [1.165, 1.54) is 30.3 Å². The molecule has 0 saturated carbocycles. The van der Waals surface area contributed by atoms with E-state index in [4.69, 9.17) is 0 Å². The zero-order valence-corrected chi connectivity index (χ0v) is 17.2. The van der Waals surface area contributed by atoms with E-state index in [0.717, 1.165) is 5.56 Å². The second-order valence-corrected chi connectivity index (χ2v) is 7.89. The molecule has 5 nitrogen and oxygen atoms in total. The van der Waals surface area contributed by atoms with E-state index < -0.39 is 6.36 Å². The van der Waals surface area contributed by atoms with Crippen molar-refractivity contribution in [2.24, 2.45) is 0 Å². The molecule has 0 aliphatic rings. The van der Waals surface area contributed by atoms with Gasteiger partial charge in [0.2, 0.25) is 5.95 Å². The van der Waals surface area contributed by atoms with Gasteiger partial charge < -0.3 is 15.4 Å². The average Bonchev–Trinajstić information content (AvgIpc) is 2.65. The maximum absolute atomic E-state index is 13.1. The number of hydrogen-bond acceptors (Lipinski definition) is 5. The number of anilines is 2. The molecule has 3 rings (SSSR count). The van der Waals surface area contributed by atoms with Gasteiger partial charge in [-0.25, -0.2) is 9.37 Å². The van der Waals surface area contributed by atoms with Gasteiger partial charge >= 0.3 is 6.36 Å². The molecule has 2 aromatic carbocycles. The van der Waals surface area contributed by atoms with Gasteiger partial charge in [-0.15, -0.1) is 13.2 Å². The molecule has 0 spiro atoms. The Balaban J connectivity index is 1.91. The number of hydrogen-bond donors (Lipinski definition) is 2. The van der Waals surface area contributed by atoms with Crippen LogP contribution in [0.25, 0.3) is 11.3 Å². The first-order chi connectivity index (χ1) is 14.5. The summed E-state index contributed by atoms with van der Waals surface area (Å²) in [5.74, 6) is 0.109. The van der Waals surface area contributed by atoms with E-state index in [-0.39, 0.29) is 17.1 Å². The Labute approximate surface area is 177 Å². The fourth-order valence-electron chi connectivity index (χ4n) is 2.72. The van der Waals surface area contributed by atoms with Gasteiger partial charge in [0.25, 0.3) is 0 Å². The largest absolute Gasteiger partial charge is 0.573 e. The zero-order valence-electron chi connectivity index (χ0n) is 17.2. The fourth-order valence-corrected chi connectivity index (χ4v) is 2.72. The van der Waals surface area contributed by atoms with Crippen molar-refractivity contribution in [3.05, 3.63) is 66.0 Å². The molecule has 9 heteroatoms. The van der Waals surface area contributed by atoms with E-state index in [2.05, 4.69) is 25.3 Å². The van der Waals surface area contributed by atoms with Crippen molar-refractivity contribution in [3.63, 3.8) is 0 Å². The standard InChI is InChI=1S/C22H22F4N4O/c1-21(2,3)30-20-28-18(15-5-4-6-17(11-15)31-22(24,25)26)12-19(29-20)27-13-14-7-9-16(23)10-8-14/h4-12H,13H2,1-3H3,(H2,27,28,29,30). The molecule has 164 valence electrons. The highest BCUT2D eigenvalue weighted by Gasteiger charge is 2.31. The molecule has 2 N–H and O–H groups in total. The van der Waals surface area contributed by atoms with E-state index in [1.54, 1.807) is 24.3 Å². The maximum Gasteiger partial charge on any atom is 0.573 e. The second kappa shape index (κ2) is 8.79. The van der Waals surface area contributed by atoms with Crippen LogP contribution in [0.15, 0.2) is 54.6 Å². The zero-order chi connectivity index (χ0) is 22.6.